The van der Waals surface area contributed by atoms with E-state index >= 15 is 0 Å². The predicted molar refractivity (Wildman–Crippen MR) is 90.5 cm³/mol. The zero-order valence-electron chi connectivity index (χ0n) is 14.0. The number of carbonyl (C=O) groups is 1. The minimum atomic E-state index is 0.00874. The Kier molecular flexibility index (Phi) is 4.48. The van der Waals surface area contributed by atoms with Gasteiger partial charge in [-0.05, 0) is 58.0 Å². The number of imidazole rings is 1. The molecule has 1 N–H and O–H groups in total. The monoisotopic (exact) mass is 312 g/mol. The molecule has 0 aliphatic carbocycles. The van der Waals surface area contributed by atoms with E-state index in [1.165, 1.54) is 0 Å². The van der Waals surface area contributed by atoms with E-state index in [0.717, 1.165) is 36.5 Å². The van der Waals surface area contributed by atoms with Gasteiger partial charge < -0.3 is 9.88 Å². The number of amides is 1. The Balaban J connectivity index is 1.67. The van der Waals surface area contributed by atoms with E-state index in [1.807, 2.05) is 31.7 Å². The number of nitrogens with zero attached hydrogens (tertiary/aromatic N) is 3. The summed E-state index contributed by atoms with van der Waals surface area (Å²) in [5.41, 5.74) is 2.19. The molecule has 1 amide bonds. The van der Waals surface area contributed by atoms with E-state index < -0.39 is 0 Å². The SMILES string of the molecule is Cc1nccn1-c1ccc([C@H](C)NC(=O)[C@@H]2CCCN2C)cc1. The Bertz CT molecular complexity index is 677. The van der Waals surface area contributed by atoms with Gasteiger partial charge >= 0.3 is 0 Å². The molecule has 23 heavy (non-hydrogen) atoms. The number of likely N-dealkylation sites (tertiary alicyclic amines) is 1. The predicted octanol–water partition coefficient (Wildman–Crippen LogP) is 2.45. The third-order valence-corrected chi connectivity index (χ3v) is 4.68. The average molecular weight is 312 g/mol. The molecule has 0 spiro atoms. The van der Waals surface area contributed by atoms with Crippen LogP contribution in [0.1, 0.15) is 37.2 Å². The second-order valence-corrected chi connectivity index (χ2v) is 6.30. The molecule has 1 aromatic heterocycles. The molecule has 1 saturated heterocycles. The van der Waals surface area contributed by atoms with E-state index in [0.29, 0.717) is 0 Å². The van der Waals surface area contributed by atoms with E-state index in [2.05, 4.69) is 39.5 Å². The average Bonchev–Trinajstić information content (AvgIpc) is 3.15. The lowest BCUT2D eigenvalue weighted by Gasteiger charge is -2.22. The molecule has 0 radical (unpaired) electrons. The molecule has 5 heteroatoms. The number of carbonyl (C=O) groups excluding carboxylic acids is 1. The standard InChI is InChI=1S/C18H24N4O/c1-13(20-18(23)17-5-4-11-21(17)3)15-6-8-16(9-7-15)22-12-10-19-14(22)2/h6-10,12-13,17H,4-5,11H2,1-3H3,(H,20,23)/t13-,17-/m0/s1. The number of rotatable bonds is 4. The van der Waals surface area contributed by atoms with Gasteiger partial charge in [-0.3, -0.25) is 9.69 Å². The molecule has 1 aliphatic heterocycles. The highest BCUT2D eigenvalue weighted by Crippen LogP contribution is 2.19. The highest BCUT2D eigenvalue weighted by atomic mass is 16.2. The van der Waals surface area contributed by atoms with E-state index in [-0.39, 0.29) is 18.0 Å². The molecule has 122 valence electrons. The van der Waals surface area contributed by atoms with Crippen molar-refractivity contribution in [2.24, 2.45) is 0 Å². The Hall–Kier alpha value is -2.14. The minimum Gasteiger partial charge on any atom is -0.348 e. The summed E-state index contributed by atoms with van der Waals surface area (Å²) < 4.78 is 2.04. The fourth-order valence-corrected chi connectivity index (χ4v) is 3.21. The van der Waals surface area contributed by atoms with Gasteiger partial charge in [0.2, 0.25) is 5.91 Å². The van der Waals surface area contributed by atoms with Crippen LogP contribution >= 0.6 is 0 Å². The van der Waals surface area contributed by atoms with Crippen LogP contribution in [0.5, 0.6) is 0 Å². The molecule has 2 atom stereocenters. The molecular weight excluding hydrogens is 288 g/mol. The van der Waals surface area contributed by atoms with Crippen LogP contribution < -0.4 is 5.32 Å². The number of hydrogen-bond acceptors (Lipinski definition) is 3. The van der Waals surface area contributed by atoms with Crippen molar-refractivity contribution in [3.8, 4) is 5.69 Å². The highest BCUT2D eigenvalue weighted by Gasteiger charge is 2.28. The third kappa shape index (κ3) is 3.29. The van der Waals surface area contributed by atoms with Gasteiger partial charge in [-0.2, -0.15) is 0 Å². The van der Waals surface area contributed by atoms with Gasteiger partial charge in [0.1, 0.15) is 5.82 Å². The summed E-state index contributed by atoms with van der Waals surface area (Å²) in [4.78, 5) is 18.7. The summed E-state index contributed by atoms with van der Waals surface area (Å²) in [5, 5.41) is 3.13. The lowest BCUT2D eigenvalue weighted by Crippen LogP contribution is -2.42. The Morgan fingerprint density at radius 2 is 2.09 bits per heavy atom. The van der Waals surface area contributed by atoms with Crippen LogP contribution in [0, 0.1) is 6.92 Å². The zero-order chi connectivity index (χ0) is 16.4. The smallest absolute Gasteiger partial charge is 0.237 e. The number of nitrogens with one attached hydrogen (secondary N) is 1. The molecule has 1 aliphatic rings. The molecule has 0 saturated carbocycles. The lowest BCUT2D eigenvalue weighted by molar-refractivity contribution is -0.125. The number of likely N-dealkylation sites (N-methyl/N-ethyl adjacent to an activating group) is 1. The molecule has 1 aromatic carbocycles. The molecule has 5 nitrogen and oxygen atoms in total. The molecular formula is C18H24N4O. The minimum absolute atomic E-state index is 0.00874. The Labute approximate surface area is 137 Å². The maximum Gasteiger partial charge on any atom is 0.237 e. The van der Waals surface area contributed by atoms with Gasteiger partial charge in [-0.1, -0.05) is 12.1 Å². The van der Waals surface area contributed by atoms with E-state index in [1.54, 1.807) is 6.20 Å². The quantitative estimate of drug-likeness (QED) is 0.943. The van der Waals surface area contributed by atoms with Crippen LogP contribution in [0.15, 0.2) is 36.7 Å². The zero-order valence-corrected chi connectivity index (χ0v) is 14.0. The first-order chi connectivity index (χ1) is 11.1. The summed E-state index contributed by atoms with van der Waals surface area (Å²) in [7, 11) is 2.02. The van der Waals surface area contributed by atoms with Crippen LogP contribution in [0.25, 0.3) is 5.69 Å². The van der Waals surface area contributed by atoms with Crippen LogP contribution in [0.3, 0.4) is 0 Å². The largest absolute Gasteiger partial charge is 0.348 e. The summed E-state index contributed by atoms with van der Waals surface area (Å²) in [6, 6.07) is 8.29. The maximum absolute atomic E-state index is 12.4. The van der Waals surface area contributed by atoms with Gasteiger partial charge in [0, 0.05) is 18.1 Å². The summed E-state index contributed by atoms with van der Waals surface area (Å²) in [6.07, 6.45) is 5.80. The van der Waals surface area contributed by atoms with Gasteiger partial charge in [0.15, 0.2) is 0 Å². The molecule has 0 bridgehead atoms. The summed E-state index contributed by atoms with van der Waals surface area (Å²) in [5.74, 6) is 1.09. The second kappa shape index (κ2) is 6.54. The van der Waals surface area contributed by atoms with Crippen molar-refractivity contribution in [1.82, 2.24) is 19.8 Å². The number of hydrogen-bond donors (Lipinski definition) is 1. The first kappa shape index (κ1) is 15.7. The summed E-state index contributed by atoms with van der Waals surface area (Å²) in [6.45, 7) is 5.02. The van der Waals surface area contributed by atoms with Crippen molar-refractivity contribution in [2.45, 2.75) is 38.8 Å². The van der Waals surface area contributed by atoms with Gasteiger partial charge in [-0.15, -0.1) is 0 Å². The van der Waals surface area contributed by atoms with Crippen molar-refractivity contribution in [3.05, 3.63) is 48.0 Å². The fraction of sp³-hybridized carbons (Fsp3) is 0.444. The van der Waals surface area contributed by atoms with Crippen molar-refractivity contribution >= 4 is 5.91 Å². The molecule has 1 fully saturated rings. The Morgan fingerprint density at radius 3 is 2.65 bits per heavy atom. The third-order valence-electron chi connectivity index (χ3n) is 4.68. The topological polar surface area (TPSA) is 50.2 Å². The van der Waals surface area contributed by atoms with Crippen molar-refractivity contribution in [1.29, 1.82) is 0 Å². The van der Waals surface area contributed by atoms with Crippen LogP contribution in [-0.4, -0.2) is 40.0 Å². The Morgan fingerprint density at radius 1 is 1.35 bits per heavy atom. The van der Waals surface area contributed by atoms with Crippen LogP contribution in [0.4, 0.5) is 0 Å². The first-order valence-electron chi connectivity index (χ1n) is 8.17. The lowest BCUT2D eigenvalue weighted by atomic mass is 10.1. The molecule has 3 rings (SSSR count). The van der Waals surface area contributed by atoms with Gasteiger partial charge in [0.05, 0.1) is 12.1 Å². The first-order valence-corrected chi connectivity index (χ1v) is 8.17. The van der Waals surface area contributed by atoms with Crippen molar-refractivity contribution in [3.63, 3.8) is 0 Å². The van der Waals surface area contributed by atoms with Crippen molar-refractivity contribution < 1.29 is 4.79 Å². The number of benzene rings is 1. The maximum atomic E-state index is 12.4. The number of aromatic nitrogens is 2. The number of aryl methyl sites for hydroxylation is 1. The van der Waals surface area contributed by atoms with Crippen LogP contribution in [-0.2, 0) is 4.79 Å². The van der Waals surface area contributed by atoms with Gasteiger partial charge in [0.25, 0.3) is 0 Å². The second-order valence-electron chi connectivity index (χ2n) is 6.30. The molecule has 2 heterocycles. The fourth-order valence-electron chi connectivity index (χ4n) is 3.21. The van der Waals surface area contributed by atoms with Crippen molar-refractivity contribution in [2.75, 3.05) is 13.6 Å². The summed E-state index contributed by atoms with van der Waals surface area (Å²) >= 11 is 0. The van der Waals surface area contributed by atoms with Crippen LogP contribution in [0.2, 0.25) is 0 Å². The van der Waals surface area contributed by atoms with Gasteiger partial charge in [-0.25, -0.2) is 4.98 Å². The molecule has 2 aromatic rings. The molecule has 0 unspecified atom stereocenters. The normalized spacial score (nSPS) is 19.7. The highest BCUT2D eigenvalue weighted by molar-refractivity contribution is 5.82. The van der Waals surface area contributed by atoms with E-state index in [4.69, 9.17) is 0 Å². The van der Waals surface area contributed by atoms with E-state index in [9.17, 15) is 4.79 Å².